The smallest absolute Gasteiger partial charge is 0.320 e. The summed E-state index contributed by atoms with van der Waals surface area (Å²) in [7, 11) is 0. The summed E-state index contributed by atoms with van der Waals surface area (Å²) in [6.07, 6.45) is 2.15. The molecule has 0 amide bonds. The summed E-state index contributed by atoms with van der Waals surface area (Å²) in [5.41, 5.74) is 5.25. The fourth-order valence-electron chi connectivity index (χ4n) is 0.598. The maximum absolute atomic E-state index is 10.2. The Morgan fingerprint density at radius 2 is 2.40 bits per heavy atom. The lowest BCUT2D eigenvalue weighted by Crippen LogP contribution is -2.31. The van der Waals surface area contributed by atoms with Gasteiger partial charge in [-0.3, -0.25) is 4.79 Å². The average molecular weight is 143 g/mol. The number of carboxylic acid groups (broad SMARTS) is 1. The van der Waals surface area contributed by atoms with Crippen molar-refractivity contribution >= 4 is 5.97 Å². The fraction of sp³-hybridized carbons (Fsp3) is 0.571. The lowest BCUT2D eigenvalue weighted by Gasteiger charge is -2.08. The second-order valence-electron chi connectivity index (χ2n) is 2.39. The molecule has 0 aliphatic heterocycles. The van der Waals surface area contributed by atoms with Crippen LogP contribution in [0.25, 0.3) is 0 Å². The molecule has 58 valence electrons. The summed E-state index contributed by atoms with van der Waals surface area (Å²) >= 11 is 0. The predicted octanol–water partition coefficient (Wildman–Crippen LogP) is 0.611. The van der Waals surface area contributed by atoms with E-state index in [1.807, 2.05) is 6.92 Å². The van der Waals surface area contributed by atoms with Crippen LogP contribution < -0.4 is 5.73 Å². The van der Waals surface area contributed by atoms with Crippen LogP contribution in [-0.4, -0.2) is 17.1 Å². The highest BCUT2D eigenvalue weighted by molar-refractivity contribution is 5.73. The Hall–Kier alpha value is -0.830. The van der Waals surface area contributed by atoms with Crippen molar-refractivity contribution in [2.75, 3.05) is 0 Å². The van der Waals surface area contributed by atoms with Crippen molar-refractivity contribution in [1.29, 1.82) is 0 Å². The fourth-order valence-corrected chi connectivity index (χ4v) is 0.598. The molecule has 0 aliphatic rings. The van der Waals surface area contributed by atoms with Crippen molar-refractivity contribution < 1.29 is 9.90 Å². The number of rotatable bonds is 4. The van der Waals surface area contributed by atoms with Gasteiger partial charge in [-0.15, -0.1) is 6.58 Å². The van der Waals surface area contributed by atoms with Gasteiger partial charge >= 0.3 is 5.97 Å². The van der Waals surface area contributed by atoms with Gasteiger partial charge in [-0.25, -0.2) is 0 Å². The van der Waals surface area contributed by atoms with Gasteiger partial charge in [0.15, 0.2) is 0 Å². The number of hydrogen-bond acceptors (Lipinski definition) is 2. The summed E-state index contributed by atoms with van der Waals surface area (Å²) < 4.78 is 0. The molecule has 0 aromatic carbocycles. The lowest BCUT2D eigenvalue weighted by atomic mass is 10.0. The second-order valence-corrected chi connectivity index (χ2v) is 2.39. The first-order chi connectivity index (χ1) is 4.57. The summed E-state index contributed by atoms with van der Waals surface area (Å²) in [6, 6.07) is -0.756. The van der Waals surface area contributed by atoms with Gasteiger partial charge in [0, 0.05) is 0 Å². The zero-order valence-electron chi connectivity index (χ0n) is 6.08. The van der Waals surface area contributed by atoms with Crippen LogP contribution in [-0.2, 0) is 4.79 Å². The van der Waals surface area contributed by atoms with Gasteiger partial charge < -0.3 is 10.8 Å². The molecule has 0 bridgehead atoms. The van der Waals surface area contributed by atoms with Gasteiger partial charge in [0.2, 0.25) is 0 Å². The van der Waals surface area contributed by atoms with Crippen LogP contribution in [0.3, 0.4) is 0 Å². The molecule has 0 saturated heterocycles. The third-order valence-corrected chi connectivity index (χ3v) is 1.35. The molecule has 0 aromatic heterocycles. The Morgan fingerprint density at radius 1 is 1.90 bits per heavy atom. The highest BCUT2D eigenvalue weighted by Gasteiger charge is 2.12. The van der Waals surface area contributed by atoms with E-state index < -0.39 is 12.0 Å². The molecule has 0 fully saturated rings. The van der Waals surface area contributed by atoms with E-state index in [9.17, 15) is 4.79 Å². The van der Waals surface area contributed by atoms with E-state index in [2.05, 4.69) is 6.58 Å². The number of carboxylic acids is 1. The first-order valence-corrected chi connectivity index (χ1v) is 3.19. The lowest BCUT2D eigenvalue weighted by molar-refractivity contribution is -0.138. The van der Waals surface area contributed by atoms with Gasteiger partial charge in [-0.2, -0.15) is 0 Å². The Bertz CT molecular complexity index is 134. The van der Waals surface area contributed by atoms with Crippen LogP contribution in [0.5, 0.6) is 0 Å². The molecule has 3 N–H and O–H groups in total. The Kier molecular flexibility index (Phi) is 3.72. The number of carbonyl (C=O) groups is 1. The minimum atomic E-state index is -0.950. The highest BCUT2D eigenvalue weighted by atomic mass is 16.4. The number of allylic oxidation sites excluding steroid dienone is 1. The molecule has 0 heterocycles. The summed E-state index contributed by atoms with van der Waals surface area (Å²) in [4.78, 5) is 10.2. The summed E-state index contributed by atoms with van der Waals surface area (Å²) in [5, 5.41) is 8.37. The summed E-state index contributed by atoms with van der Waals surface area (Å²) in [5.74, 6) is -0.778. The molecular weight excluding hydrogens is 130 g/mol. The zero-order valence-corrected chi connectivity index (χ0v) is 6.08. The molecule has 0 aromatic rings. The number of hydrogen-bond donors (Lipinski definition) is 2. The van der Waals surface area contributed by atoms with Crippen LogP contribution in [0.1, 0.15) is 13.3 Å². The standard InChI is InChI=1S/C7H13NO2/c1-3-5(2)4-6(8)7(9)10/h3,5-6H,1,4,8H2,2H3,(H,9,10)/t5-,6-/m0/s1. The largest absolute Gasteiger partial charge is 0.480 e. The van der Waals surface area contributed by atoms with E-state index in [1.165, 1.54) is 0 Å². The quantitative estimate of drug-likeness (QED) is 0.567. The van der Waals surface area contributed by atoms with Gasteiger partial charge in [-0.05, 0) is 12.3 Å². The first kappa shape index (κ1) is 9.17. The van der Waals surface area contributed by atoms with Crippen molar-refractivity contribution in [2.24, 2.45) is 11.7 Å². The van der Waals surface area contributed by atoms with E-state index in [0.717, 1.165) is 0 Å². The maximum Gasteiger partial charge on any atom is 0.320 e. The molecule has 0 spiro atoms. The molecule has 10 heavy (non-hydrogen) atoms. The molecule has 0 radical (unpaired) electrons. The van der Waals surface area contributed by atoms with Crippen molar-refractivity contribution in [3.63, 3.8) is 0 Å². The van der Waals surface area contributed by atoms with E-state index in [4.69, 9.17) is 10.8 Å². The third-order valence-electron chi connectivity index (χ3n) is 1.35. The molecule has 0 saturated carbocycles. The Balaban J connectivity index is 3.67. The molecule has 0 rings (SSSR count). The second kappa shape index (κ2) is 4.06. The SMILES string of the molecule is C=C[C@H](C)C[C@H](N)C(=O)O. The minimum absolute atomic E-state index is 0.172. The third kappa shape index (κ3) is 3.25. The number of aliphatic carboxylic acids is 1. The first-order valence-electron chi connectivity index (χ1n) is 3.19. The molecule has 3 nitrogen and oxygen atoms in total. The van der Waals surface area contributed by atoms with Crippen LogP contribution in [0.15, 0.2) is 12.7 Å². The van der Waals surface area contributed by atoms with Crippen LogP contribution in [0, 0.1) is 5.92 Å². The van der Waals surface area contributed by atoms with Crippen molar-refractivity contribution in [3.05, 3.63) is 12.7 Å². The monoisotopic (exact) mass is 143 g/mol. The van der Waals surface area contributed by atoms with Crippen LogP contribution >= 0.6 is 0 Å². The van der Waals surface area contributed by atoms with Crippen LogP contribution in [0.2, 0.25) is 0 Å². The number of nitrogens with two attached hydrogens (primary N) is 1. The van der Waals surface area contributed by atoms with Crippen LogP contribution in [0.4, 0.5) is 0 Å². The molecular formula is C7H13NO2. The predicted molar refractivity (Wildman–Crippen MR) is 39.6 cm³/mol. The highest BCUT2D eigenvalue weighted by Crippen LogP contribution is 2.04. The zero-order chi connectivity index (χ0) is 8.15. The van der Waals surface area contributed by atoms with Gasteiger partial charge in [-0.1, -0.05) is 13.0 Å². The topological polar surface area (TPSA) is 63.3 Å². The van der Waals surface area contributed by atoms with Gasteiger partial charge in [0.25, 0.3) is 0 Å². The molecule has 3 heteroatoms. The van der Waals surface area contributed by atoms with Crippen molar-refractivity contribution in [3.8, 4) is 0 Å². The van der Waals surface area contributed by atoms with E-state index in [0.29, 0.717) is 6.42 Å². The van der Waals surface area contributed by atoms with E-state index >= 15 is 0 Å². The Morgan fingerprint density at radius 3 is 2.70 bits per heavy atom. The van der Waals surface area contributed by atoms with E-state index in [1.54, 1.807) is 6.08 Å². The van der Waals surface area contributed by atoms with Gasteiger partial charge in [0.1, 0.15) is 6.04 Å². The summed E-state index contributed by atoms with van der Waals surface area (Å²) in [6.45, 7) is 5.41. The molecule has 0 unspecified atom stereocenters. The normalized spacial score (nSPS) is 15.8. The van der Waals surface area contributed by atoms with Crippen molar-refractivity contribution in [2.45, 2.75) is 19.4 Å². The minimum Gasteiger partial charge on any atom is -0.480 e. The van der Waals surface area contributed by atoms with E-state index in [-0.39, 0.29) is 5.92 Å². The Labute approximate surface area is 60.5 Å². The van der Waals surface area contributed by atoms with Gasteiger partial charge in [0.05, 0.1) is 0 Å². The maximum atomic E-state index is 10.2. The average Bonchev–Trinajstić information content (AvgIpc) is 1.87. The molecule has 2 atom stereocenters. The molecule has 0 aliphatic carbocycles. The van der Waals surface area contributed by atoms with Crippen molar-refractivity contribution in [1.82, 2.24) is 0 Å².